The van der Waals surface area contributed by atoms with Crippen molar-refractivity contribution in [3.05, 3.63) is 121 Å². The number of benzene rings is 5. The van der Waals surface area contributed by atoms with Gasteiger partial charge in [-0.15, -0.1) is 31.4 Å². The van der Waals surface area contributed by atoms with Crippen molar-refractivity contribution in [3.63, 3.8) is 0 Å². The topological polar surface area (TPSA) is 222 Å². The van der Waals surface area contributed by atoms with Gasteiger partial charge in [0.15, 0.2) is 12.6 Å². The van der Waals surface area contributed by atoms with Crippen molar-refractivity contribution < 1.29 is 33.4 Å². The number of carbonyl (C=O) groups excluding carboxylic acids is 4. The molecule has 0 unspecified atom stereocenters. The summed E-state index contributed by atoms with van der Waals surface area (Å²) in [5, 5.41) is 12.2. The quantitative estimate of drug-likeness (QED) is 0.0119. The number of fused-ring (bicyclic) bond motifs is 2. The molecule has 0 aliphatic rings. The maximum absolute atomic E-state index is 14.1. The average molecular weight is 959 g/mol. The van der Waals surface area contributed by atoms with Crippen LogP contribution in [0.25, 0.3) is 32.7 Å². The van der Waals surface area contributed by atoms with E-state index in [-0.39, 0.29) is 68.6 Å². The van der Waals surface area contributed by atoms with Gasteiger partial charge in [0.2, 0.25) is 11.8 Å². The van der Waals surface area contributed by atoms with Crippen LogP contribution in [-0.2, 0) is 30.5 Å². The Balaban J connectivity index is 0.00000595. The molecule has 16 heteroatoms. The average Bonchev–Trinajstić information content (AvgIpc) is 3.29. The summed E-state index contributed by atoms with van der Waals surface area (Å²) in [4.78, 5) is 59.1. The van der Waals surface area contributed by atoms with Gasteiger partial charge in [0, 0.05) is 17.7 Å². The van der Waals surface area contributed by atoms with Crippen molar-refractivity contribution >= 4 is 76.0 Å². The van der Waals surface area contributed by atoms with Crippen molar-refractivity contribution in [2.75, 3.05) is 26.3 Å². The first kappa shape index (κ1) is 55.0. The van der Waals surface area contributed by atoms with Crippen LogP contribution in [0.2, 0.25) is 0 Å². The normalized spacial score (nSPS) is 12.2. The lowest BCUT2D eigenvalue weighted by Gasteiger charge is -2.25. The lowest BCUT2D eigenvalue weighted by molar-refractivity contribution is -0.149. The molecule has 0 fully saturated rings. The highest BCUT2D eigenvalue weighted by atomic mass is 35.5. The van der Waals surface area contributed by atoms with Gasteiger partial charge in [-0.1, -0.05) is 118 Å². The first-order valence-corrected chi connectivity index (χ1v) is 22.0. The summed E-state index contributed by atoms with van der Waals surface area (Å²) in [6.07, 6.45) is 3.34. The van der Waals surface area contributed by atoms with E-state index in [4.69, 9.17) is 31.4 Å². The number of aliphatic imine (C=N–C) groups is 1. The van der Waals surface area contributed by atoms with Crippen LogP contribution in [0.1, 0.15) is 64.9 Å². The second-order valence-corrected chi connectivity index (χ2v) is 17.1. The number of nitrogens with zero attached hydrogens (tertiary/aromatic N) is 1. The van der Waals surface area contributed by atoms with Crippen LogP contribution in [0.3, 0.4) is 0 Å². The van der Waals surface area contributed by atoms with Crippen LogP contribution in [0.4, 0.5) is 0 Å². The smallest absolute Gasteiger partial charge is 0.329 e. The zero-order valence-corrected chi connectivity index (χ0v) is 40.1. The Hall–Kier alpha value is -6.35. The molecule has 0 heterocycles. The summed E-state index contributed by atoms with van der Waals surface area (Å²) >= 11 is 0. The Kier molecular flexibility index (Phi) is 22.4. The fourth-order valence-corrected chi connectivity index (χ4v) is 7.22. The fourth-order valence-electron chi connectivity index (χ4n) is 7.22. The number of esters is 1. The largest absolute Gasteiger partial charge is 0.492 e. The van der Waals surface area contributed by atoms with Gasteiger partial charge in [-0.05, 0) is 89.7 Å². The molecule has 3 atom stereocenters. The van der Waals surface area contributed by atoms with E-state index in [2.05, 4.69) is 48.3 Å². The fraction of sp³-hybridized carbons (Fsp3) is 0.353. The molecular weight excluding hydrogens is 894 g/mol. The second kappa shape index (κ2) is 27.3. The second-order valence-electron chi connectivity index (χ2n) is 17.1. The molecule has 360 valence electrons. The van der Waals surface area contributed by atoms with Gasteiger partial charge in [0.05, 0.1) is 6.61 Å². The minimum atomic E-state index is -1.13. The van der Waals surface area contributed by atoms with Crippen molar-refractivity contribution in [2.24, 2.45) is 27.6 Å². The number of ether oxygens (including phenoxy) is 3. The molecule has 0 aromatic heterocycles. The van der Waals surface area contributed by atoms with Gasteiger partial charge < -0.3 is 47.4 Å². The minimum Gasteiger partial charge on any atom is -0.492 e. The number of rotatable bonds is 24. The minimum absolute atomic E-state index is 0. The molecule has 0 bridgehead atoms. The van der Waals surface area contributed by atoms with E-state index < -0.39 is 48.4 Å². The number of amides is 3. The lowest BCUT2D eigenvalue weighted by atomic mass is 9.92. The van der Waals surface area contributed by atoms with Crippen LogP contribution in [0, 0.1) is 5.41 Å². The standard InChI is InChI=1S/C51H63N7O7.2ClH/c1-5-16-41(49(62)64-31-34-17-7-6-8-18-34)58-48(61)40(24-15-30-55-50(53)54)57-47(60)39(23-13-14-29-52)56-44(59)32-63-42-27-25-35-19-9-11-21-37(35)45(42)46-38-22-12-10-20-36(38)26-28-43(46)65-33-51(2,3)4;;/h5-12,17-22,25-28,39-41H,1,13-16,23-24,29-33,52H2,2-4H3,(H,56,59)(H,57,60)(H,58,61)(H4,53,54,55);2*1H/t39-,40-,41+;;/m1../s1. The Morgan fingerprint density at radius 3 is 1.79 bits per heavy atom. The van der Waals surface area contributed by atoms with Crippen molar-refractivity contribution in [2.45, 2.75) is 84.0 Å². The molecule has 5 rings (SSSR count). The maximum atomic E-state index is 14.1. The van der Waals surface area contributed by atoms with Crippen LogP contribution in [0.5, 0.6) is 11.5 Å². The highest BCUT2D eigenvalue weighted by molar-refractivity contribution is 6.10. The number of hydrogen-bond donors (Lipinski definition) is 6. The molecule has 5 aromatic carbocycles. The predicted octanol–water partition coefficient (Wildman–Crippen LogP) is 7.26. The monoisotopic (exact) mass is 957 g/mol. The number of halogens is 2. The van der Waals surface area contributed by atoms with Crippen LogP contribution in [0.15, 0.2) is 121 Å². The molecule has 9 N–H and O–H groups in total. The van der Waals surface area contributed by atoms with Gasteiger partial charge >= 0.3 is 5.97 Å². The Morgan fingerprint density at radius 1 is 0.687 bits per heavy atom. The van der Waals surface area contributed by atoms with Gasteiger partial charge in [0.1, 0.15) is 36.2 Å². The van der Waals surface area contributed by atoms with E-state index in [0.29, 0.717) is 43.9 Å². The highest BCUT2D eigenvalue weighted by Gasteiger charge is 2.30. The van der Waals surface area contributed by atoms with E-state index in [1.165, 1.54) is 6.08 Å². The first-order valence-electron chi connectivity index (χ1n) is 22.0. The van der Waals surface area contributed by atoms with E-state index in [1.807, 2.05) is 103 Å². The van der Waals surface area contributed by atoms with Crippen LogP contribution < -0.4 is 42.6 Å². The summed E-state index contributed by atoms with van der Waals surface area (Å²) in [5.74, 6) is -1.44. The summed E-state index contributed by atoms with van der Waals surface area (Å²) in [6, 6.07) is 29.7. The van der Waals surface area contributed by atoms with Crippen LogP contribution >= 0.6 is 24.8 Å². The molecule has 3 amide bonds. The molecule has 0 saturated carbocycles. The number of hydrogen-bond acceptors (Lipinski definition) is 9. The summed E-state index contributed by atoms with van der Waals surface area (Å²) in [6.45, 7) is 10.7. The first-order chi connectivity index (χ1) is 31.3. The number of nitrogens with two attached hydrogens (primary N) is 3. The van der Waals surface area contributed by atoms with E-state index in [1.54, 1.807) is 0 Å². The van der Waals surface area contributed by atoms with Gasteiger partial charge in [-0.3, -0.25) is 19.4 Å². The molecule has 0 saturated heterocycles. The van der Waals surface area contributed by atoms with Crippen LogP contribution in [-0.4, -0.2) is 74.1 Å². The molecule has 0 aliphatic carbocycles. The van der Waals surface area contributed by atoms with Crippen molar-refractivity contribution in [3.8, 4) is 22.6 Å². The highest BCUT2D eigenvalue weighted by Crippen LogP contribution is 2.45. The maximum Gasteiger partial charge on any atom is 0.329 e. The van der Waals surface area contributed by atoms with Crippen molar-refractivity contribution in [1.29, 1.82) is 0 Å². The SMILES string of the molecule is C=CC[C@H](NC(=O)[C@@H](CCCN=C(N)N)NC(=O)[C@@H](CCCCN)NC(=O)COc1ccc2ccccc2c1-c1c(OCC(C)(C)C)ccc2ccccc12)C(=O)OCc1ccccc1.Cl.Cl. The Labute approximate surface area is 405 Å². The summed E-state index contributed by atoms with van der Waals surface area (Å²) < 4.78 is 18.4. The molecule has 14 nitrogen and oxygen atoms in total. The molecule has 0 aliphatic heterocycles. The van der Waals surface area contributed by atoms with Gasteiger partial charge in [-0.25, -0.2) is 4.79 Å². The molecular formula is C51H65Cl2N7O7. The van der Waals surface area contributed by atoms with E-state index >= 15 is 0 Å². The third-order valence-electron chi connectivity index (χ3n) is 10.5. The Morgan fingerprint density at radius 2 is 1.22 bits per heavy atom. The number of guanidine groups is 1. The number of nitrogens with one attached hydrogen (secondary N) is 3. The molecule has 0 spiro atoms. The Bertz CT molecular complexity index is 2440. The predicted molar refractivity (Wildman–Crippen MR) is 271 cm³/mol. The molecule has 5 aromatic rings. The number of unbranched alkanes of at least 4 members (excludes halogenated alkanes) is 1. The summed E-state index contributed by atoms with van der Waals surface area (Å²) in [7, 11) is 0. The third kappa shape index (κ3) is 16.8. The summed E-state index contributed by atoms with van der Waals surface area (Å²) in [5.41, 5.74) is 19.1. The zero-order chi connectivity index (χ0) is 46.8. The third-order valence-corrected chi connectivity index (χ3v) is 10.5. The molecule has 0 radical (unpaired) electrons. The van der Waals surface area contributed by atoms with Gasteiger partial charge in [-0.2, -0.15) is 0 Å². The van der Waals surface area contributed by atoms with Gasteiger partial charge in [0.25, 0.3) is 5.91 Å². The number of carbonyl (C=O) groups is 4. The zero-order valence-electron chi connectivity index (χ0n) is 38.5. The lowest BCUT2D eigenvalue weighted by Crippen LogP contribution is -2.56. The van der Waals surface area contributed by atoms with Crippen molar-refractivity contribution in [1.82, 2.24) is 16.0 Å². The van der Waals surface area contributed by atoms with E-state index in [9.17, 15) is 19.2 Å². The van der Waals surface area contributed by atoms with E-state index in [0.717, 1.165) is 38.2 Å². The molecule has 67 heavy (non-hydrogen) atoms.